The summed E-state index contributed by atoms with van der Waals surface area (Å²) in [4.78, 5) is 17.6. The second-order valence-electron chi connectivity index (χ2n) is 9.62. The average molecular weight is 509 g/mol. The van der Waals surface area contributed by atoms with Crippen molar-refractivity contribution in [3.8, 4) is 11.8 Å². The molecular formula is C32H36N4O2. The number of piperazine rings is 1. The number of aryl methyl sites for hydroxylation is 1. The second-order valence-corrected chi connectivity index (χ2v) is 9.62. The highest BCUT2D eigenvalue weighted by Gasteiger charge is 2.26. The van der Waals surface area contributed by atoms with Gasteiger partial charge < -0.3 is 15.0 Å². The fourth-order valence-electron chi connectivity index (χ4n) is 4.98. The molecule has 0 spiro atoms. The summed E-state index contributed by atoms with van der Waals surface area (Å²) in [5.41, 5.74) is 4.62. The average Bonchev–Trinajstić information content (AvgIpc) is 2.95. The first kappa shape index (κ1) is 27.0. The topological polar surface area (TPSA) is 68.6 Å². The largest absolute Gasteiger partial charge is 0.494 e. The van der Waals surface area contributed by atoms with Gasteiger partial charge in [-0.05, 0) is 38.0 Å². The molecule has 1 N–H and O–H groups in total. The van der Waals surface area contributed by atoms with E-state index in [1.165, 1.54) is 11.1 Å². The van der Waals surface area contributed by atoms with Gasteiger partial charge in [0.2, 0.25) is 0 Å². The van der Waals surface area contributed by atoms with E-state index >= 15 is 0 Å². The molecule has 1 aliphatic rings. The Hall–Kier alpha value is -4.08. The lowest BCUT2D eigenvalue weighted by molar-refractivity contribution is -0.117. The molecule has 1 fully saturated rings. The van der Waals surface area contributed by atoms with Crippen molar-refractivity contribution in [1.82, 2.24) is 15.1 Å². The molecule has 0 saturated carbocycles. The lowest BCUT2D eigenvalue weighted by atomic mass is 9.96. The molecule has 3 aromatic rings. The number of carbonyl (C=O) groups is 1. The highest BCUT2D eigenvalue weighted by Crippen LogP contribution is 2.30. The molecule has 0 radical (unpaired) electrons. The summed E-state index contributed by atoms with van der Waals surface area (Å²) < 4.78 is 5.75. The van der Waals surface area contributed by atoms with Crippen LogP contribution in [-0.2, 0) is 4.79 Å². The van der Waals surface area contributed by atoms with Gasteiger partial charge in [0.1, 0.15) is 17.4 Å². The van der Waals surface area contributed by atoms with Crippen LogP contribution in [0.15, 0.2) is 90.6 Å². The van der Waals surface area contributed by atoms with Crippen molar-refractivity contribution in [1.29, 1.82) is 5.26 Å². The molecule has 1 heterocycles. The van der Waals surface area contributed by atoms with Gasteiger partial charge in [0.05, 0.1) is 18.7 Å². The molecule has 0 aromatic heterocycles. The molecule has 38 heavy (non-hydrogen) atoms. The van der Waals surface area contributed by atoms with Crippen molar-refractivity contribution in [2.75, 3.05) is 32.8 Å². The Kier molecular flexibility index (Phi) is 9.18. The molecular weight excluding hydrogens is 472 g/mol. The molecule has 0 aliphatic carbocycles. The molecule has 6 nitrogen and oxygen atoms in total. The quantitative estimate of drug-likeness (QED) is 0.310. The summed E-state index contributed by atoms with van der Waals surface area (Å²) in [7, 11) is 0. The molecule has 1 amide bonds. The lowest BCUT2D eigenvalue weighted by Gasteiger charge is -2.39. The van der Waals surface area contributed by atoms with Crippen molar-refractivity contribution in [2.24, 2.45) is 0 Å². The molecule has 1 unspecified atom stereocenters. The predicted octanol–water partition coefficient (Wildman–Crippen LogP) is 5.39. The summed E-state index contributed by atoms with van der Waals surface area (Å²) in [5, 5.41) is 12.8. The van der Waals surface area contributed by atoms with Crippen LogP contribution in [0.4, 0.5) is 0 Å². The number of hydrogen-bond acceptors (Lipinski definition) is 5. The number of amides is 1. The van der Waals surface area contributed by atoms with Gasteiger partial charge in [-0.3, -0.25) is 9.69 Å². The number of benzene rings is 3. The van der Waals surface area contributed by atoms with Crippen LogP contribution in [0, 0.1) is 18.3 Å². The van der Waals surface area contributed by atoms with E-state index in [2.05, 4.69) is 69.7 Å². The predicted molar refractivity (Wildman–Crippen MR) is 150 cm³/mol. The van der Waals surface area contributed by atoms with Gasteiger partial charge >= 0.3 is 0 Å². The minimum atomic E-state index is -0.377. The first-order valence-corrected chi connectivity index (χ1v) is 13.2. The van der Waals surface area contributed by atoms with Gasteiger partial charge in [-0.1, -0.05) is 78.4 Å². The minimum Gasteiger partial charge on any atom is -0.494 e. The molecule has 1 atom stereocenters. The summed E-state index contributed by atoms with van der Waals surface area (Å²) in [6.45, 7) is 9.51. The van der Waals surface area contributed by atoms with E-state index in [-0.39, 0.29) is 23.6 Å². The van der Waals surface area contributed by atoms with Crippen molar-refractivity contribution in [2.45, 2.75) is 32.9 Å². The maximum absolute atomic E-state index is 13.0. The van der Waals surface area contributed by atoms with E-state index < -0.39 is 0 Å². The Balaban J connectivity index is 1.43. The number of nitrogens with zero attached hydrogens (tertiary/aromatic N) is 3. The summed E-state index contributed by atoms with van der Waals surface area (Å²) in [6.07, 6.45) is 1.71. The number of rotatable bonds is 9. The van der Waals surface area contributed by atoms with Crippen molar-refractivity contribution in [3.05, 3.63) is 113 Å². The number of nitriles is 1. The molecule has 196 valence electrons. The first-order valence-electron chi connectivity index (χ1n) is 13.2. The van der Waals surface area contributed by atoms with Crippen molar-refractivity contribution < 1.29 is 9.53 Å². The van der Waals surface area contributed by atoms with E-state index in [1.807, 2.05) is 51.1 Å². The standard InChI is InChI=1S/C32H36N4O2/c1-4-38-30-16-15-24(2)21-29(30)25(3)34-32(37)28(22-33)23-35-17-19-36(20-18-35)31(26-11-7-5-8-12-26)27-13-9-6-10-14-27/h5-16,21,23,25,31H,4,17-20H2,1-3H3,(H,34,37)/b28-23-. The number of hydrogen-bond donors (Lipinski definition) is 1. The highest BCUT2D eigenvalue weighted by molar-refractivity contribution is 5.97. The van der Waals surface area contributed by atoms with Crippen LogP contribution in [0.25, 0.3) is 0 Å². The zero-order chi connectivity index (χ0) is 26.9. The Morgan fingerprint density at radius 2 is 1.61 bits per heavy atom. The second kappa shape index (κ2) is 12.9. The normalized spacial score (nSPS) is 15.1. The van der Waals surface area contributed by atoms with Crippen molar-refractivity contribution >= 4 is 5.91 Å². The summed E-state index contributed by atoms with van der Waals surface area (Å²) in [6, 6.07) is 29.0. The van der Waals surface area contributed by atoms with Gasteiger partial charge in [0, 0.05) is 37.9 Å². The lowest BCUT2D eigenvalue weighted by Crippen LogP contribution is -2.46. The van der Waals surface area contributed by atoms with E-state index in [0.717, 1.165) is 43.1 Å². The molecule has 4 rings (SSSR count). The summed E-state index contributed by atoms with van der Waals surface area (Å²) in [5.74, 6) is 0.369. The highest BCUT2D eigenvalue weighted by atomic mass is 16.5. The molecule has 1 aliphatic heterocycles. The minimum absolute atomic E-state index is 0.110. The van der Waals surface area contributed by atoms with E-state index in [1.54, 1.807) is 6.20 Å². The Labute approximate surface area is 226 Å². The smallest absolute Gasteiger partial charge is 0.263 e. The fraction of sp³-hybridized carbons (Fsp3) is 0.312. The first-order chi connectivity index (χ1) is 18.5. The van der Waals surface area contributed by atoms with Gasteiger partial charge in [-0.2, -0.15) is 5.26 Å². The van der Waals surface area contributed by atoms with Gasteiger partial charge in [0.25, 0.3) is 5.91 Å². The monoisotopic (exact) mass is 508 g/mol. The Morgan fingerprint density at radius 1 is 1.00 bits per heavy atom. The molecule has 6 heteroatoms. The van der Waals surface area contributed by atoms with Crippen LogP contribution >= 0.6 is 0 Å². The van der Waals surface area contributed by atoms with Gasteiger partial charge in [-0.15, -0.1) is 0 Å². The van der Waals surface area contributed by atoms with Crippen LogP contribution in [0.3, 0.4) is 0 Å². The van der Waals surface area contributed by atoms with Gasteiger partial charge in [0.15, 0.2) is 0 Å². The SMILES string of the molecule is CCOc1ccc(C)cc1C(C)NC(=O)/C(C#N)=C\N1CCN(C(c2ccccc2)c2ccccc2)CC1. The number of carbonyl (C=O) groups excluding carboxylic acids is 1. The van der Waals surface area contributed by atoms with Crippen molar-refractivity contribution in [3.63, 3.8) is 0 Å². The van der Waals surface area contributed by atoms with E-state index in [4.69, 9.17) is 4.74 Å². The number of nitrogens with one attached hydrogen (secondary N) is 1. The summed E-state index contributed by atoms with van der Waals surface area (Å²) >= 11 is 0. The fourth-order valence-corrected chi connectivity index (χ4v) is 4.98. The Bertz CT molecular complexity index is 1240. The number of ether oxygens (including phenoxy) is 1. The van der Waals surface area contributed by atoms with Crippen LogP contribution < -0.4 is 10.1 Å². The van der Waals surface area contributed by atoms with Crippen LogP contribution in [0.5, 0.6) is 5.75 Å². The third kappa shape index (κ3) is 6.62. The van der Waals surface area contributed by atoms with E-state index in [0.29, 0.717) is 6.61 Å². The molecule has 0 bridgehead atoms. The van der Waals surface area contributed by atoms with Crippen LogP contribution in [-0.4, -0.2) is 48.5 Å². The zero-order valence-corrected chi connectivity index (χ0v) is 22.4. The van der Waals surface area contributed by atoms with Gasteiger partial charge in [-0.25, -0.2) is 0 Å². The maximum atomic E-state index is 13.0. The zero-order valence-electron chi connectivity index (χ0n) is 22.4. The molecule has 1 saturated heterocycles. The van der Waals surface area contributed by atoms with E-state index in [9.17, 15) is 10.1 Å². The van der Waals surface area contributed by atoms with Crippen LogP contribution in [0.2, 0.25) is 0 Å². The third-order valence-electron chi connectivity index (χ3n) is 6.90. The molecule has 3 aromatic carbocycles. The third-order valence-corrected chi connectivity index (χ3v) is 6.90. The van der Waals surface area contributed by atoms with Crippen LogP contribution in [0.1, 0.15) is 48.2 Å². The Morgan fingerprint density at radius 3 is 2.16 bits per heavy atom. The maximum Gasteiger partial charge on any atom is 0.263 e.